The number of quaternary nitrogens is 1. The molecule has 0 radical (unpaired) electrons. The number of para-hydroxylation sites is 1. The van der Waals surface area contributed by atoms with Crippen molar-refractivity contribution in [3.63, 3.8) is 0 Å². The number of ether oxygens (including phenoxy) is 1. The summed E-state index contributed by atoms with van der Waals surface area (Å²) in [6.07, 6.45) is 6.98. The van der Waals surface area contributed by atoms with E-state index in [1.807, 2.05) is 24.3 Å². The molecule has 0 spiro atoms. The van der Waals surface area contributed by atoms with Gasteiger partial charge >= 0.3 is 6.01 Å². The highest BCUT2D eigenvalue weighted by Gasteiger charge is 2.41. The van der Waals surface area contributed by atoms with Crippen LogP contribution in [-0.2, 0) is 6.42 Å². The predicted molar refractivity (Wildman–Crippen MR) is 143 cm³/mol. The minimum Gasteiger partial charge on any atom is -0.461 e. The van der Waals surface area contributed by atoms with Crippen LogP contribution in [0.4, 0.5) is 5.95 Å². The number of nitrogens with zero attached hydrogens (tertiary/aromatic N) is 9. The van der Waals surface area contributed by atoms with Crippen LogP contribution in [0.1, 0.15) is 11.3 Å². The number of aliphatic imine (C=N–C) groups is 2. The number of anilines is 1. The van der Waals surface area contributed by atoms with Crippen LogP contribution in [-0.4, -0.2) is 53.8 Å². The van der Waals surface area contributed by atoms with E-state index in [2.05, 4.69) is 40.6 Å². The lowest BCUT2D eigenvalue weighted by molar-refractivity contribution is -0.849. The van der Waals surface area contributed by atoms with Crippen molar-refractivity contribution in [1.82, 2.24) is 30.0 Å². The third-order valence-electron chi connectivity index (χ3n) is 6.08. The minimum absolute atomic E-state index is 0.0378. The van der Waals surface area contributed by atoms with Gasteiger partial charge in [-0.05, 0) is 52.1 Å². The zero-order chi connectivity index (χ0) is 27.1. The number of aromatic nitrogens is 5. The van der Waals surface area contributed by atoms with Crippen LogP contribution in [0.5, 0.6) is 11.8 Å². The largest absolute Gasteiger partial charge is 0.461 e. The fourth-order valence-corrected chi connectivity index (χ4v) is 4.25. The molecule has 5 aromatic rings. The van der Waals surface area contributed by atoms with Crippen molar-refractivity contribution in [1.29, 1.82) is 0 Å². The Balaban J connectivity index is 1.08. The molecule has 4 aromatic heterocycles. The zero-order valence-corrected chi connectivity index (χ0v) is 20.7. The first-order valence-corrected chi connectivity index (χ1v) is 12.2. The zero-order valence-electron chi connectivity index (χ0n) is 20.7. The first kappa shape index (κ1) is 23.4. The van der Waals surface area contributed by atoms with E-state index in [9.17, 15) is 0 Å². The summed E-state index contributed by atoms with van der Waals surface area (Å²) in [6.45, 7) is 0.477. The molecule has 0 aliphatic carbocycles. The van der Waals surface area contributed by atoms with Gasteiger partial charge in [-0.15, -0.1) is 10.5 Å². The summed E-state index contributed by atoms with van der Waals surface area (Å²) in [4.78, 5) is 22.0. The lowest BCUT2D eigenvalue weighted by Crippen LogP contribution is -2.52. The molecule has 0 fully saturated rings. The predicted octanol–water partition coefficient (Wildman–Crippen LogP) is 2.23. The maximum atomic E-state index is 6.11. The molecule has 15 heteroatoms. The number of hydrogen-bond acceptors (Lipinski definition) is 13. The fraction of sp³-hybridized carbons (Fsp3) is 0.0800. The van der Waals surface area contributed by atoms with Crippen molar-refractivity contribution >= 4 is 29.7 Å². The van der Waals surface area contributed by atoms with E-state index >= 15 is 0 Å². The molecule has 0 saturated heterocycles. The summed E-state index contributed by atoms with van der Waals surface area (Å²) in [7, 11) is 0. The van der Waals surface area contributed by atoms with Gasteiger partial charge in [0.1, 0.15) is 5.75 Å². The second kappa shape index (κ2) is 9.26. The van der Waals surface area contributed by atoms with Crippen molar-refractivity contribution in [2.45, 2.75) is 6.42 Å². The Morgan fingerprint density at radius 1 is 0.950 bits per heavy atom. The number of amidine groups is 2. The molecule has 2 aliphatic rings. The molecule has 198 valence electrons. The van der Waals surface area contributed by atoms with Crippen LogP contribution in [0.15, 0.2) is 96.9 Å². The van der Waals surface area contributed by atoms with Crippen LogP contribution < -0.4 is 21.6 Å². The smallest absolute Gasteiger partial charge is 0.328 e. The van der Waals surface area contributed by atoms with Gasteiger partial charge in [-0.25, -0.2) is 0 Å². The molecule has 5 N–H and O–H groups in total. The van der Waals surface area contributed by atoms with Gasteiger partial charge in [0.05, 0.1) is 25.1 Å². The average molecular weight is 538 g/mol. The number of nitrogen functional groups attached to an aromatic ring is 1. The molecule has 0 bridgehead atoms. The second-order valence-corrected chi connectivity index (χ2v) is 8.73. The van der Waals surface area contributed by atoms with Gasteiger partial charge in [-0.2, -0.15) is 29.5 Å². The van der Waals surface area contributed by atoms with Crippen LogP contribution in [0.3, 0.4) is 0 Å². The van der Waals surface area contributed by atoms with E-state index in [1.165, 1.54) is 10.8 Å². The maximum absolute atomic E-state index is 6.11. The summed E-state index contributed by atoms with van der Waals surface area (Å²) in [6, 6.07) is 14.6. The molecule has 1 aromatic carbocycles. The highest BCUT2D eigenvalue weighted by atomic mass is 16.5. The van der Waals surface area contributed by atoms with Crippen LogP contribution in [0.25, 0.3) is 17.4 Å². The topological polar surface area (TPSA) is 193 Å². The number of furan rings is 2. The van der Waals surface area contributed by atoms with E-state index in [0.717, 1.165) is 5.56 Å². The average Bonchev–Trinajstić information content (AvgIpc) is 3.75. The first-order valence-electron chi connectivity index (χ1n) is 12.2. The quantitative estimate of drug-likeness (QED) is 0.247. The lowest BCUT2D eigenvalue weighted by Gasteiger charge is -2.25. The van der Waals surface area contributed by atoms with E-state index in [4.69, 9.17) is 25.0 Å². The molecule has 0 amide bonds. The molecular formula is C25H21N12O3+. The van der Waals surface area contributed by atoms with Gasteiger partial charge in [0, 0.05) is 0 Å². The van der Waals surface area contributed by atoms with Gasteiger partial charge < -0.3 is 25.0 Å². The lowest BCUT2D eigenvalue weighted by atomic mass is 10.1. The second-order valence-electron chi connectivity index (χ2n) is 8.73. The Labute approximate surface area is 225 Å². The molecule has 15 nitrogen and oxygen atoms in total. The molecule has 1 unspecified atom stereocenters. The molecule has 1 atom stereocenters. The van der Waals surface area contributed by atoms with E-state index in [1.54, 1.807) is 42.9 Å². The summed E-state index contributed by atoms with van der Waals surface area (Å²) in [5, 5.41) is 8.80. The minimum atomic E-state index is -0.166. The molecule has 40 heavy (non-hydrogen) atoms. The van der Waals surface area contributed by atoms with Crippen LogP contribution in [0, 0.1) is 0 Å². The van der Waals surface area contributed by atoms with Crippen molar-refractivity contribution in [2.24, 2.45) is 20.8 Å². The molecule has 7 rings (SSSR count). The van der Waals surface area contributed by atoms with Crippen LogP contribution in [0.2, 0.25) is 0 Å². The molecule has 0 saturated carbocycles. The van der Waals surface area contributed by atoms with Crippen molar-refractivity contribution < 1.29 is 18.3 Å². The highest BCUT2D eigenvalue weighted by Crippen LogP contribution is 2.27. The van der Waals surface area contributed by atoms with E-state index in [-0.39, 0.29) is 22.4 Å². The van der Waals surface area contributed by atoms with E-state index < -0.39 is 0 Å². The number of rotatable bonds is 8. The summed E-state index contributed by atoms with van der Waals surface area (Å²) >= 11 is 0. The number of nitrogens with one attached hydrogen (secondary N) is 1. The third-order valence-corrected chi connectivity index (χ3v) is 6.08. The number of hydrogen-bond donors (Lipinski definition) is 3. The maximum Gasteiger partial charge on any atom is 0.328 e. The summed E-state index contributed by atoms with van der Waals surface area (Å²) in [5.74, 6) is 3.58. The summed E-state index contributed by atoms with van der Waals surface area (Å²) < 4.78 is 18.0. The Morgan fingerprint density at radius 2 is 1.77 bits per heavy atom. The monoisotopic (exact) mass is 537 g/mol. The van der Waals surface area contributed by atoms with Gasteiger partial charge in [-0.3, -0.25) is 0 Å². The molecule has 6 heterocycles. The van der Waals surface area contributed by atoms with Crippen molar-refractivity contribution in [3.8, 4) is 23.3 Å². The normalized spacial score (nSPS) is 17.9. The number of nitrogens with two attached hydrogens (primary N) is 2. The van der Waals surface area contributed by atoms with Gasteiger partial charge in [0.25, 0.3) is 11.6 Å². The number of fused-ring (bicyclic) bond motifs is 2. The fourth-order valence-electron chi connectivity index (χ4n) is 4.25. The summed E-state index contributed by atoms with van der Waals surface area (Å²) in [5.41, 5.74) is 16.4. The van der Waals surface area contributed by atoms with E-state index in [0.29, 0.717) is 53.6 Å². The van der Waals surface area contributed by atoms with Crippen molar-refractivity contribution in [2.75, 3.05) is 12.3 Å². The Bertz CT molecular complexity index is 1840. The van der Waals surface area contributed by atoms with Crippen molar-refractivity contribution in [3.05, 3.63) is 84.3 Å². The first-order chi connectivity index (χ1) is 19.6. The number of benzene rings is 1. The molecule has 2 aliphatic heterocycles. The van der Waals surface area contributed by atoms with Gasteiger partial charge in [0.15, 0.2) is 17.4 Å². The standard InChI is InChI=1S/C25H21N12O3/c26-19-13-20-30-21(17-7-3-11-38-17)28-14-37(20,35-19)29-10-9-15-5-1-2-6-16(15)40-25-32-23(27)36-24(33-25)31-22(34-36)18-8-4-12-39-18/h1-8,11-14,29H,9-10H2,(H2,26,35)(H2,27,31,32,33,34)/q+1. The Hall–Kier alpha value is -5.67. The third kappa shape index (κ3) is 4.16. The van der Waals surface area contributed by atoms with Gasteiger partial charge in [0.2, 0.25) is 23.9 Å². The Morgan fingerprint density at radius 3 is 2.60 bits per heavy atom. The van der Waals surface area contributed by atoms with Gasteiger partial charge in [-0.1, -0.05) is 18.2 Å². The highest BCUT2D eigenvalue weighted by molar-refractivity contribution is 6.03. The molecular weight excluding hydrogens is 516 g/mol. The Kier molecular flexibility index (Phi) is 5.43. The SMILES string of the molecule is NC1=N[N+]2(NCCc3ccccc3Oc3nc(N)n4nc(-c5ccco5)nc4n3)C=NC(c3ccco3)=NC2=C1. The van der Waals surface area contributed by atoms with Crippen LogP contribution >= 0.6 is 0 Å².